The zero-order valence-corrected chi connectivity index (χ0v) is 11.5. The summed E-state index contributed by atoms with van der Waals surface area (Å²) in [6.07, 6.45) is 0. The van der Waals surface area contributed by atoms with E-state index in [1.165, 1.54) is 18.9 Å². The molecule has 0 saturated heterocycles. The van der Waals surface area contributed by atoms with Crippen molar-refractivity contribution in [2.75, 3.05) is 7.05 Å². The fourth-order valence-electron chi connectivity index (χ4n) is 1.54. The van der Waals surface area contributed by atoms with Crippen LogP contribution in [0.4, 0.5) is 0 Å². The Morgan fingerprint density at radius 3 is 2.41 bits per heavy atom. The highest BCUT2D eigenvalue weighted by Crippen LogP contribution is 2.28. The predicted octanol–water partition coefficient (Wildman–Crippen LogP) is 2.36. The minimum atomic E-state index is -1.05. The van der Waals surface area contributed by atoms with Crippen LogP contribution in [0.1, 0.15) is 24.1 Å². The maximum Gasteiger partial charge on any atom is 0.331 e. The standard InChI is InChI=1S/C12H14BrNO3/c1-7-4-5-9(10(13)6-7)11(12(16)17)14(3)8(2)15/h4-6,11H,1-3H3,(H,16,17). The number of benzene rings is 1. The van der Waals surface area contributed by atoms with E-state index in [1.54, 1.807) is 6.07 Å². The molecule has 0 aliphatic heterocycles. The topological polar surface area (TPSA) is 57.6 Å². The number of carbonyl (C=O) groups is 2. The van der Waals surface area contributed by atoms with E-state index in [9.17, 15) is 14.7 Å². The summed E-state index contributed by atoms with van der Waals surface area (Å²) in [5, 5.41) is 9.23. The Balaban J connectivity index is 3.23. The van der Waals surface area contributed by atoms with Crippen LogP contribution >= 0.6 is 15.9 Å². The van der Waals surface area contributed by atoms with E-state index < -0.39 is 12.0 Å². The van der Waals surface area contributed by atoms with E-state index in [0.29, 0.717) is 10.0 Å². The van der Waals surface area contributed by atoms with Crippen molar-refractivity contribution in [3.63, 3.8) is 0 Å². The molecular weight excluding hydrogens is 286 g/mol. The second kappa shape index (κ2) is 5.31. The van der Waals surface area contributed by atoms with Gasteiger partial charge in [-0.15, -0.1) is 0 Å². The first kappa shape index (κ1) is 13.7. The van der Waals surface area contributed by atoms with Gasteiger partial charge >= 0.3 is 5.97 Å². The number of nitrogens with zero attached hydrogens (tertiary/aromatic N) is 1. The van der Waals surface area contributed by atoms with Crippen molar-refractivity contribution in [1.82, 2.24) is 4.90 Å². The van der Waals surface area contributed by atoms with E-state index in [4.69, 9.17) is 0 Å². The largest absolute Gasteiger partial charge is 0.479 e. The van der Waals surface area contributed by atoms with E-state index in [-0.39, 0.29) is 5.91 Å². The Kier molecular flexibility index (Phi) is 4.28. The normalized spacial score (nSPS) is 12.0. The highest BCUT2D eigenvalue weighted by molar-refractivity contribution is 9.10. The van der Waals surface area contributed by atoms with Gasteiger partial charge in [-0.3, -0.25) is 4.79 Å². The predicted molar refractivity (Wildman–Crippen MR) is 67.7 cm³/mol. The van der Waals surface area contributed by atoms with Crippen LogP contribution in [0.2, 0.25) is 0 Å². The molecule has 0 fully saturated rings. The molecule has 5 heteroatoms. The number of carbonyl (C=O) groups excluding carboxylic acids is 1. The van der Waals surface area contributed by atoms with Crippen LogP contribution in [0.25, 0.3) is 0 Å². The van der Waals surface area contributed by atoms with Crippen LogP contribution < -0.4 is 0 Å². The lowest BCUT2D eigenvalue weighted by atomic mass is 10.0. The molecule has 1 aromatic rings. The summed E-state index contributed by atoms with van der Waals surface area (Å²) in [6, 6.07) is 4.41. The molecule has 0 spiro atoms. The Hall–Kier alpha value is -1.36. The SMILES string of the molecule is CC(=O)N(C)C(C(=O)O)c1ccc(C)cc1Br. The number of halogens is 1. The second-order valence-corrected chi connectivity index (χ2v) is 4.75. The average molecular weight is 300 g/mol. The lowest BCUT2D eigenvalue weighted by Gasteiger charge is -2.24. The van der Waals surface area contributed by atoms with Gasteiger partial charge in [-0.25, -0.2) is 4.79 Å². The van der Waals surface area contributed by atoms with Gasteiger partial charge in [0.05, 0.1) is 0 Å². The van der Waals surface area contributed by atoms with Crippen molar-refractivity contribution in [3.05, 3.63) is 33.8 Å². The summed E-state index contributed by atoms with van der Waals surface area (Å²) in [7, 11) is 1.48. The number of amides is 1. The summed E-state index contributed by atoms with van der Waals surface area (Å²) in [5.74, 6) is -1.34. The molecule has 0 radical (unpaired) electrons. The summed E-state index contributed by atoms with van der Waals surface area (Å²) in [4.78, 5) is 23.8. The van der Waals surface area contributed by atoms with E-state index >= 15 is 0 Å². The molecule has 92 valence electrons. The smallest absolute Gasteiger partial charge is 0.331 e. The Morgan fingerprint density at radius 2 is 2.00 bits per heavy atom. The van der Waals surface area contributed by atoms with E-state index in [2.05, 4.69) is 15.9 Å². The molecule has 0 aliphatic carbocycles. The number of aryl methyl sites for hydroxylation is 1. The van der Waals surface area contributed by atoms with Crippen molar-refractivity contribution >= 4 is 27.8 Å². The van der Waals surface area contributed by atoms with Gasteiger partial charge in [-0.1, -0.05) is 28.1 Å². The minimum absolute atomic E-state index is 0.287. The first-order chi connectivity index (χ1) is 7.84. The summed E-state index contributed by atoms with van der Waals surface area (Å²) in [5.41, 5.74) is 1.59. The van der Waals surface area contributed by atoms with Crippen LogP contribution in [-0.4, -0.2) is 28.9 Å². The molecule has 0 saturated carbocycles. The molecule has 4 nitrogen and oxygen atoms in total. The average Bonchev–Trinajstić information content (AvgIpc) is 2.20. The number of likely N-dealkylation sites (N-methyl/N-ethyl adjacent to an activating group) is 1. The van der Waals surface area contributed by atoms with Gasteiger partial charge in [0.25, 0.3) is 0 Å². The monoisotopic (exact) mass is 299 g/mol. The van der Waals surface area contributed by atoms with Crippen LogP contribution in [0.5, 0.6) is 0 Å². The molecule has 1 N–H and O–H groups in total. The van der Waals surface area contributed by atoms with Gasteiger partial charge in [-0.2, -0.15) is 0 Å². The first-order valence-electron chi connectivity index (χ1n) is 5.07. The van der Waals surface area contributed by atoms with Gasteiger partial charge in [0.1, 0.15) is 0 Å². The number of hydrogen-bond donors (Lipinski definition) is 1. The third-order valence-electron chi connectivity index (χ3n) is 2.57. The van der Waals surface area contributed by atoms with Crippen molar-refractivity contribution in [3.8, 4) is 0 Å². The second-order valence-electron chi connectivity index (χ2n) is 3.90. The molecule has 0 aromatic heterocycles. The molecule has 0 aliphatic rings. The van der Waals surface area contributed by atoms with Crippen molar-refractivity contribution in [1.29, 1.82) is 0 Å². The quantitative estimate of drug-likeness (QED) is 0.932. The van der Waals surface area contributed by atoms with Crippen LogP contribution in [0.3, 0.4) is 0 Å². The number of hydrogen-bond acceptors (Lipinski definition) is 2. The van der Waals surface area contributed by atoms with Gasteiger partial charge in [0.2, 0.25) is 5.91 Å². The number of rotatable bonds is 3. The van der Waals surface area contributed by atoms with Crippen LogP contribution in [0.15, 0.2) is 22.7 Å². The fourth-order valence-corrected chi connectivity index (χ4v) is 2.25. The highest BCUT2D eigenvalue weighted by atomic mass is 79.9. The van der Waals surface area contributed by atoms with Crippen molar-refractivity contribution in [2.24, 2.45) is 0 Å². The first-order valence-corrected chi connectivity index (χ1v) is 5.86. The molecule has 1 atom stereocenters. The van der Waals surface area contributed by atoms with Gasteiger partial charge in [-0.05, 0) is 18.6 Å². The zero-order chi connectivity index (χ0) is 13.2. The molecule has 1 rings (SSSR count). The van der Waals surface area contributed by atoms with Gasteiger partial charge in [0.15, 0.2) is 6.04 Å². The number of carboxylic acid groups (broad SMARTS) is 1. The molecule has 1 amide bonds. The minimum Gasteiger partial charge on any atom is -0.479 e. The maximum absolute atomic E-state index is 11.3. The lowest BCUT2D eigenvalue weighted by Crippen LogP contribution is -2.34. The maximum atomic E-state index is 11.3. The van der Waals surface area contributed by atoms with Crippen molar-refractivity contribution in [2.45, 2.75) is 19.9 Å². The summed E-state index contributed by atoms with van der Waals surface area (Å²) < 4.78 is 0.693. The van der Waals surface area contributed by atoms with Crippen LogP contribution in [-0.2, 0) is 9.59 Å². The molecular formula is C12H14BrNO3. The highest BCUT2D eigenvalue weighted by Gasteiger charge is 2.28. The summed E-state index contributed by atoms with van der Waals surface area (Å²) >= 11 is 3.33. The molecule has 1 unspecified atom stereocenters. The Morgan fingerprint density at radius 1 is 1.41 bits per heavy atom. The van der Waals surface area contributed by atoms with E-state index in [0.717, 1.165) is 5.56 Å². The van der Waals surface area contributed by atoms with Gasteiger partial charge < -0.3 is 10.0 Å². The fraction of sp³-hybridized carbons (Fsp3) is 0.333. The Labute approximate surface area is 108 Å². The van der Waals surface area contributed by atoms with Gasteiger partial charge in [0, 0.05) is 24.0 Å². The van der Waals surface area contributed by atoms with Crippen molar-refractivity contribution < 1.29 is 14.7 Å². The van der Waals surface area contributed by atoms with E-state index in [1.807, 2.05) is 19.1 Å². The number of carboxylic acids is 1. The molecule has 17 heavy (non-hydrogen) atoms. The molecule has 1 aromatic carbocycles. The summed E-state index contributed by atoms with van der Waals surface area (Å²) in [6.45, 7) is 3.26. The third-order valence-corrected chi connectivity index (χ3v) is 3.26. The third kappa shape index (κ3) is 3.06. The lowest BCUT2D eigenvalue weighted by molar-refractivity contribution is -0.148. The zero-order valence-electron chi connectivity index (χ0n) is 9.90. The Bertz CT molecular complexity index is 459. The molecule has 0 heterocycles. The van der Waals surface area contributed by atoms with Crippen LogP contribution in [0, 0.1) is 6.92 Å². The number of aliphatic carboxylic acids is 1. The molecule has 0 bridgehead atoms.